The van der Waals surface area contributed by atoms with Crippen molar-refractivity contribution in [3.63, 3.8) is 0 Å². The van der Waals surface area contributed by atoms with E-state index >= 15 is 0 Å². The van der Waals surface area contributed by atoms with Crippen LogP contribution in [-0.4, -0.2) is 18.0 Å². The number of hydrogen-bond donors (Lipinski definition) is 1. The van der Waals surface area contributed by atoms with E-state index < -0.39 is 0 Å². The van der Waals surface area contributed by atoms with Gasteiger partial charge in [-0.05, 0) is 55.8 Å². The lowest BCUT2D eigenvalue weighted by Crippen LogP contribution is -2.26. The lowest BCUT2D eigenvalue weighted by atomic mass is 10.1. The molecule has 1 amide bonds. The number of carbonyl (C=O) groups excluding carboxylic acids is 1. The molecule has 0 saturated carbocycles. The number of aromatic nitrogens is 1. The Hall–Kier alpha value is -2.73. The van der Waals surface area contributed by atoms with Crippen molar-refractivity contribution in [3.8, 4) is 16.3 Å². The van der Waals surface area contributed by atoms with Crippen LogP contribution in [0.2, 0.25) is 0 Å². The SMILES string of the molecule is COc1ccc(C(C)NC(=O)c2sc(-c3ccc(F)cc3)nc2C)cc1. The molecule has 0 aliphatic rings. The Kier molecular flexibility index (Phi) is 5.32. The standard InChI is InChI=1S/C20H19FN2O2S/c1-12(14-6-10-17(25-3)11-7-14)22-19(24)18-13(2)23-20(26-18)15-4-8-16(21)9-5-15/h4-12H,1-3H3,(H,22,24). The first-order chi connectivity index (χ1) is 12.5. The Morgan fingerprint density at radius 3 is 2.42 bits per heavy atom. The normalized spacial score (nSPS) is 11.8. The van der Waals surface area contributed by atoms with Crippen LogP contribution in [-0.2, 0) is 0 Å². The fraction of sp³-hybridized carbons (Fsp3) is 0.200. The lowest BCUT2D eigenvalue weighted by molar-refractivity contribution is 0.0943. The molecular formula is C20H19FN2O2S. The van der Waals surface area contributed by atoms with Crippen molar-refractivity contribution in [3.05, 3.63) is 70.5 Å². The van der Waals surface area contributed by atoms with Gasteiger partial charge in [-0.2, -0.15) is 0 Å². The second kappa shape index (κ2) is 7.66. The highest BCUT2D eigenvalue weighted by Gasteiger charge is 2.18. The first kappa shape index (κ1) is 18.1. The molecule has 134 valence electrons. The first-order valence-electron chi connectivity index (χ1n) is 8.16. The lowest BCUT2D eigenvalue weighted by Gasteiger charge is -2.14. The quantitative estimate of drug-likeness (QED) is 0.705. The Balaban J connectivity index is 1.76. The van der Waals surface area contributed by atoms with Gasteiger partial charge in [0, 0.05) is 5.56 Å². The minimum absolute atomic E-state index is 0.149. The number of hydrogen-bond acceptors (Lipinski definition) is 4. The zero-order valence-electron chi connectivity index (χ0n) is 14.7. The van der Waals surface area contributed by atoms with Crippen LogP contribution in [0.15, 0.2) is 48.5 Å². The van der Waals surface area contributed by atoms with Crippen LogP contribution >= 0.6 is 11.3 Å². The predicted molar refractivity (Wildman–Crippen MR) is 101 cm³/mol. The van der Waals surface area contributed by atoms with Crippen LogP contribution in [0.1, 0.15) is 33.9 Å². The highest BCUT2D eigenvalue weighted by Crippen LogP contribution is 2.28. The molecule has 1 atom stereocenters. The molecule has 0 aliphatic heterocycles. The number of benzene rings is 2. The van der Waals surface area contributed by atoms with Crippen molar-refractivity contribution < 1.29 is 13.9 Å². The van der Waals surface area contributed by atoms with Crippen LogP contribution in [0, 0.1) is 12.7 Å². The molecular weight excluding hydrogens is 351 g/mol. The van der Waals surface area contributed by atoms with Gasteiger partial charge in [0.25, 0.3) is 5.91 Å². The first-order valence-corrected chi connectivity index (χ1v) is 8.97. The number of nitrogens with zero attached hydrogens (tertiary/aromatic N) is 1. The van der Waals surface area contributed by atoms with E-state index in [-0.39, 0.29) is 17.8 Å². The van der Waals surface area contributed by atoms with Crippen molar-refractivity contribution >= 4 is 17.2 Å². The van der Waals surface area contributed by atoms with Gasteiger partial charge in [0.05, 0.1) is 18.8 Å². The molecule has 0 radical (unpaired) electrons. The summed E-state index contributed by atoms with van der Waals surface area (Å²) in [5.41, 5.74) is 2.44. The van der Waals surface area contributed by atoms with Gasteiger partial charge in [0.2, 0.25) is 0 Å². The number of nitrogens with one attached hydrogen (secondary N) is 1. The van der Waals surface area contributed by atoms with Gasteiger partial charge in [-0.1, -0.05) is 12.1 Å². The monoisotopic (exact) mass is 370 g/mol. The van der Waals surface area contributed by atoms with E-state index in [1.54, 1.807) is 26.2 Å². The zero-order chi connectivity index (χ0) is 18.7. The second-order valence-corrected chi connectivity index (χ2v) is 6.91. The Morgan fingerprint density at radius 2 is 1.81 bits per heavy atom. The van der Waals surface area contributed by atoms with Crippen molar-refractivity contribution in [2.45, 2.75) is 19.9 Å². The molecule has 4 nitrogen and oxygen atoms in total. The van der Waals surface area contributed by atoms with Crippen molar-refractivity contribution in [2.24, 2.45) is 0 Å². The summed E-state index contributed by atoms with van der Waals surface area (Å²) in [5.74, 6) is 0.305. The fourth-order valence-corrected chi connectivity index (χ4v) is 3.54. The van der Waals surface area contributed by atoms with Gasteiger partial charge >= 0.3 is 0 Å². The van der Waals surface area contributed by atoms with Crippen molar-refractivity contribution in [1.29, 1.82) is 0 Å². The molecule has 0 bridgehead atoms. The number of rotatable bonds is 5. The maximum absolute atomic E-state index is 13.1. The fourth-order valence-electron chi connectivity index (χ4n) is 2.56. The smallest absolute Gasteiger partial charge is 0.263 e. The van der Waals surface area contributed by atoms with E-state index in [4.69, 9.17) is 4.74 Å². The molecule has 0 aliphatic carbocycles. The third-order valence-electron chi connectivity index (χ3n) is 4.06. The average molecular weight is 370 g/mol. The van der Waals surface area contributed by atoms with Crippen LogP contribution < -0.4 is 10.1 Å². The molecule has 26 heavy (non-hydrogen) atoms. The molecule has 1 aromatic heterocycles. The molecule has 1 heterocycles. The topological polar surface area (TPSA) is 51.2 Å². The van der Waals surface area contributed by atoms with Crippen LogP contribution in [0.25, 0.3) is 10.6 Å². The number of methoxy groups -OCH3 is 1. The molecule has 1 unspecified atom stereocenters. The van der Waals surface area contributed by atoms with Gasteiger partial charge in [0.1, 0.15) is 21.5 Å². The van der Waals surface area contributed by atoms with Gasteiger partial charge in [-0.25, -0.2) is 9.37 Å². The van der Waals surface area contributed by atoms with E-state index in [9.17, 15) is 9.18 Å². The van der Waals surface area contributed by atoms with Gasteiger partial charge < -0.3 is 10.1 Å². The van der Waals surface area contributed by atoms with E-state index in [0.29, 0.717) is 15.6 Å². The summed E-state index contributed by atoms with van der Waals surface area (Å²) in [6.45, 7) is 3.73. The summed E-state index contributed by atoms with van der Waals surface area (Å²) in [6.07, 6.45) is 0. The maximum Gasteiger partial charge on any atom is 0.263 e. The highest BCUT2D eigenvalue weighted by atomic mass is 32.1. The summed E-state index contributed by atoms with van der Waals surface area (Å²) < 4.78 is 18.2. The third kappa shape index (κ3) is 3.91. The number of amides is 1. The number of carbonyl (C=O) groups is 1. The molecule has 3 aromatic rings. The number of aryl methyl sites for hydroxylation is 1. The number of ether oxygens (including phenoxy) is 1. The maximum atomic E-state index is 13.1. The van der Waals surface area contributed by atoms with Crippen molar-refractivity contribution in [1.82, 2.24) is 10.3 Å². The minimum atomic E-state index is -0.298. The Labute approximate surface area is 155 Å². The Morgan fingerprint density at radius 1 is 1.15 bits per heavy atom. The summed E-state index contributed by atoms with van der Waals surface area (Å²) in [7, 11) is 1.62. The molecule has 0 fully saturated rings. The van der Waals surface area contributed by atoms with Gasteiger partial charge in [0.15, 0.2) is 0 Å². The molecule has 6 heteroatoms. The molecule has 3 rings (SSSR count). The van der Waals surface area contributed by atoms with Crippen LogP contribution in [0.5, 0.6) is 5.75 Å². The second-order valence-electron chi connectivity index (χ2n) is 5.91. The van der Waals surface area contributed by atoms with Crippen LogP contribution in [0.3, 0.4) is 0 Å². The van der Waals surface area contributed by atoms with E-state index in [0.717, 1.165) is 16.9 Å². The molecule has 0 saturated heterocycles. The number of halogens is 1. The minimum Gasteiger partial charge on any atom is -0.497 e. The summed E-state index contributed by atoms with van der Waals surface area (Å²) in [4.78, 5) is 17.7. The Bertz CT molecular complexity index is 905. The van der Waals surface area contributed by atoms with E-state index in [2.05, 4.69) is 10.3 Å². The van der Waals surface area contributed by atoms with E-state index in [1.807, 2.05) is 31.2 Å². The number of thiazole rings is 1. The van der Waals surface area contributed by atoms with Gasteiger partial charge in [-0.15, -0.1) is 11.3 Å². The summed E-state index contributed by atoms with van der Waals surface area (Å²) >= 11 is 1.30. The van der Waals surface area contributed by atoms with Crippen molar-refractivity contribution in [2.75, 3.05) is 7.11 Å². The average Bonchev–Trinajstić information content (AvgIpc) is 3.04. The van der Waals surface area contributed by atoms with Crippen LogP contribution in [0.4, 0.5) is 4.39 Å². The summed E-state index contributed by atoms with van der Waals surface area (Å²) in [6, 6.07) is 13.5. The molecule has 2 aromatic carbocycles. The predicted octanol–water partition coefficient (Wildman–Crippen LogP) is 4.76. The zero-order valence-corrected chi connectivity index (χ0v) is 15.6. The highest BCUT2D eigenvalue weighted by molar-refractivity contribution is 7.17. The molecule has 0 spiro atoms. The summed E-state index contributed by atoms with van der Waals surface area (Å²) in [5, 5.41) is 3.69. The largest absolute Gasteiger partial charge is 0.497 e. The molecule has 1 N–H and O–H groups in total. The van der Waals surface area contributed by atoms with Gasteiger partial charge in [-0.3, -0.25) is 4.79 Å². The van der Waals surface area contributed by atoms with E-state index in [1.165, 1.54) is 23.5 Å². The third-order valence-corrected chi connectivity index (χ3v) is 5.26.